The SMILES string of the molecule is Cc1cc(N2CC(c3cc[nH]c3)C2)nc2c1c(=O)c(C(=O)O)cn2-c1ncns1. The first-order valence-electron chi connectivity index (χ1n) is 8.98. The lowest BCUT2D eigenvalue weighted by molar-refractivity contribution is 0.0695. The summed E-state index contributed by atoms with van der Waals surface area (Å²) in [6.45, 7) is 3.45. The predicted octanol–water partition coefficient (Wildman–Crippen LogP) is 2.18. The van der Waals surface area contributed by atoms with Crippen molar-refractivity contribution in [2.75, 3.05) is 18.0 Å². The molecule has 0 spiro atoms. The maximum absolute atomic E-state index is 12.8. The topological polar surface area (TPSA) is 117 Å². The highest BCUT2D eigenvalue weighted by atomic mass is 32.1. The number of aromatic carboxylic acids is 1. The fourth-order valence-corrected chi connectivity index (χ4v) is 4.19. The third-order valence-corrected chi connectivity index (χ3v) is 5.89. The zero-order valence-electron chi connectivity index (χ0n) is 15.4. The Hall–Kier alpha value is -3.53. The van der Waals surface area contributed by atoms with Gasteiger partial charge in [0.05, 0.1) is 5.39 Å². The van der Waals surface area contributed by atoms with Gasteiger partial charge in [-0.05, 0) is 30.2 Å². The van der Waals surface area contributed by atoms with Crippen LogP contribution in [0.3, 0.4) is 0 Å². The Balaban J connectivity index is 1.64. The second-order valence-electron chi connectivity index (χ2n) is 7.01. The summed E-state index contributed by atoms with van der Waals surface area (Å²) >= 11 is 1.11. The van der Waals surface area contributed by atoms with Crippen molar-refractivity contribution in [1.82, 2.24) is 23.9 Å². The number of carboxylic acids is 1. The monoisotopic (exact) mass is 408 g/mol. The maximum Gasteiger partial charge on any atom is 0.341 e. The fraction of sp³-hybridized carbons (Fsp3) is 0.211. The molecule has 0 bridgehead atoms. The lowest BCUT2D eigenvalue weighted by Gasteiger charge is -2.40. The number of rotatable bonds is 4. The van der Waals surface area contributed by atoms with Crippen LogP contribution in [-0.2, 0) is 0 Å². The Morgan fingerprint density at radius 1 is 1.38 bits per heavy atom. The third-order valence-electron chi connectivity index (χ3n) is 5.23. The summed E-state index contributed by atoms with van der Waals surface area (Å²) in [4.78, 5) is 38.5. The molecule has 0 aromatic carbocycles. The molecule has 0 atom stereocenters. The molecule has 0 amide bonds. The minimum atomic E-state index is -1.28. The summed E-state index contributed by atoms with van der Waals surface area (Å²) in [5.41, 5.74) is 1.47. The van der Waals surface area contributed by atoms with Crippen LogP contribution in [0.1, 0.15) is 27.4 Å². The van der Waals surface area contributed by atoms with E-state index in [0.29, 0.717) is 22.3 Å². The number of hydrogen-bond donors (Lipinski definition) is 2. The summed E-state index contributed by atoms with van der Waals surface area (Å²) in [5.74, 6) is -0.1000. The minimum absolute atomic E-state index is 0.284. The van der Waals surface area contributed by atoms with E-state index in [1.54, 1.807) is 6.92 Å². The van der Waals surface area contributed by atoms with Gasteiger partial charge in [-0.2, -0.15) is 4.37 Å². The Morgan fingerprint density at radius 3 is 2.86 bits per heavy atom. The van der Waals surface area contributed by atoms with Crippen molar-refractivity contribution in [3.63, 3.8) is 0 Å². The Morgan fingerprint density at radius 2 is 2.21 bits per heavy atom. The van der Waals surface area contributed by atoms with E-state index >= 15 is 0 Å². The van der Waals surface area contributed by atoms with E-state index in [4.69, 9.17) is 4.98 Å². The van der Waals surface area contributed by atoms with Gasteiger partial charge in [-0.1, -0.05) is 0 Å². The average Bonchev–Trinajstić information content (AvgIpc) is 3.34. The van der Waals surface area contributed by atoms with E-state index in [1.165, 1.54) is 22.7 Å². The third kappa shape index (κ3) is 2.80. The predicted molar refractivity (Wildman–Crippen MR) is 108 cm³/mol. The largest absolute Gasteiger partial charge is 0.477 e. The van der Waals surface area contributed by atoms with Crippen molar-refractivity contribution in [3.05, 3.63) is 64.0 Å². The van der Waals surface area contributed by atoms with Crippen molar-refractivity contribution < 1.29 is 9.90 Å². The van der Waals surface area contributed by atoms with Crippen LogP contribution in [0.5, 0.6) is 0 Å². The number of H-pyrrole nitrogens is 1. The Bertz CT molecular complexity index is 1270. The number of nitrogens with one attached hydrogen (secondary N) is 1. The number of aryl methyl sites for hydroxylation is 1. The molecule has 0 aliphatic carbocycles. The van der Waals surface area contributed by atoms with Gasteiger partial charge in [0, 0.05) is 49.1 Å². The van der Waals surface area contributed by atoms with Crippen molar-refractivity contribution in [2.45, 2.75) is 12.8 Å². The van der Waals surface area contributed by atoms with Crippen LogP contribution in [0.4, 0.5) is 5.82 Å². The lowest BCUT2D eigenvalue weighted by Crippen LogP contribution is -2.45. The van der Waals surface area contributed by atoms with Crippen LogP contribution in [0.25, 0.3) is 16.2 Å². The van der Waals surface area contributed by atoms with Crippen LogP contribution in [-0.4, -0.2) is 48.1 Å². The first-order valence-corrected chi connectivity index (χ1v) is 9.75. The molecule has 5 rings (SSSR count). The molecule has 1 aliphatic rings. The van der Waals surface area contributed by atoms with E-state index < -0.39 is 11.4 Å². The molecule has 9 nitrogen and oxygen atoms in total. The van der Waals surface area contributed by atoms with Gasteiger partial charge >= 0.3 is 5.97 Å². The van der Waals surface area contributed by atoms with Crippen molar-refractivity contribution >= 4 is 34.4 Å². The molecule has 4 aromatic heterocycles. The number of nitrogens with zero attached hydrogens (tertiary/aromatic N) is 5. The normalized spacial score (nSPS) is 14.3. The molecule has 1 fully saturated rings. The van der Waals surface area contributed by atoms with E-state index in [-0.39, 0.29) is 10.9 Å². The highest BCUT2D eigenvalue weighted by Crippen LogP contribution is 2.32. The van der Waals surface area contributed by atoms with Crippen molar-refractivity contribution in [2.24, 2.45) is 0 Å². The Kier molecular flexibility index (Phi) is 3.95. The molecular formula is C19H16N6O3S. The summed E-state index contributed by atoms with van der Waals surface area (Å²) in [6.07, 6.45) is 6.58. The van der Waals surface area contributed by atoms with Gasteiger partial charge in [0.15, 0.2) is 5.65 Å². The highest BCUT2D eigenvalue weighted by molar-refractivity contribution is 7.08. The van der Waals surface area contributed by atoms with Gasteiger partial charge in [-0.15, -0.1) is 0 Å². The zero-order chi connectivity index (χ0) is 20.1. The number of aromatic amines is 1. The quantitative estimate of drug-likeness (QED) is 0.531. The molecule has 2 N–H and O–H groups in total. The van der Waals surface area contributed by atoms with Gasteiger partial charge in [0.1, 0.15) is 17.7 Å². The number of carbonyl (C=O) groups is 1. The van der Waals surface area contributed by atoms with Gasteiger partial charge in [-0.3, -0.25) is 9.36 Å². The van der Waals surface area contributed by atoms with Gasteiger partial charge in [0.2, 0.25) is 10.6 Å². The first kappa shape index (κ1) is 17.6. The first-order chi connectivity index (χ1) is 14.0. The molecular weight excluding hydrogens is 392 g/mol. The molecule has 146 valence electrons. The summed E-state index contributed by atoms with van der Waals surface area (Å²) < 4.78 is 5.53. The van der Waals surface area contributed by atoms with E-state index in [0.717, 1.165) is 30.4 Å². The maximum atomic E-state index is 12.8. The van der Waals surface area contributed by atoms with Gasteiger partial charge in [-0.25, -0.2) is 14.8 Å². The number of carboxylic acid groups (broad SMARTS) is 1. The van der Waals surface area contributed by atoms with Gasteiger partial charge in [0.25, 0.3) is 0 Å². The summed E-state index contributed by atoms with van der Waals surface area (Å²) in [5, 5.41) is 10.2. The molecule has 10 heteroatoms. The molecule has 1 aliphatic heterocycles. The number of anilines is 1. The average molecular weight is 408 g/mol. The minimum Gasteiger partial charge on any atom is -0.477 e. The second kappa shape index (κ2) is 6.52. The van der Waals surface area contributed by atoms with Crippen LogP contribution < -0.4 is 10.3 Å². The number of aromatic nitrogens is 5. The zero-order valence-corrected chi connectivity index (χ0v) is 16.2. The molecule has 5 heterocycles. The standard InChI is InChI=1S/C19H16N6O3S/c1-10-4-14(24-6-12(7-24)11-2-3-20-5-11)23-17-15(10)16(26)13(18(27)28)8-25(17)19-21-9-22-29-19/h2-5,8-9,12,20H,6-7H2,1H3,(H,27,28). The highest BCUT2D eigenvalue weighted by Gasteiger charge is 2.30. The number of fused-ring (bicyclic) bond motifs is 1. The Labute approximate surface area is 168 Å². The van der Waals surface area contributed by atoms with Gasteiger partial charge < -0.3 is 15.0 Å². The van der Waals surface area contributed by atoms with E-state index in [2.05, 4.69) is 25.3 Å². The van der Waals surface area contributed by atoms with E-state index in [1.807, 2.05) is 18.5 Å². The number of hydrogen-bond acceptors (Lipinski definition) is 7. The molecule has 4 aromatic rings. The second-order valence-corrected chi connectivity index (χ2v) is 7.77. The van der Waals surface area contributed by atoms with Crippen molar-refractivity contribution in [1.29, 1.82) is 0 Å². The molecule has 0 radical (unpaired) electrons. The van der Waals surface area contributed by atoms with E-state index in [9.17, 15) is 14.7 Å². The van der Waals surface area contributed by atoms with Crippen LogP contribution in [0, 0.1) is 6.92 Å². The number of pyridine rings is 2. The fourth-order valence-electron chi connectivity index (χ4n) is 3.68. The molecule has 0 unspecified atom stereocenters. The molecule has 29 heavy (non-hydrogen) atoms. The van der Waals surface area contributed by atoms with Crippen LogP contribution in [0.15, 0.2) is 41.8 Å². The summed E-state index contributed by atoms with van der Waals surface area (Å²) in [6, 6.07) is 3.91. The van der Waals surface area contributed by atoms with Crippen LogP contribution >= 0.6 is 11.5 Å². The summed E-state index contributed by atoms with van der Waals surface area (Å²) in [7, 11) is 0. The molecule has 1 saturated heterocycles. The van der Waals surface area contributed by atoms with Crippen molar-refractivity contribution in [3.8, 4) is 5.13 Å². The lowest BCUT2D eigenvalue weighted by atomic mass is 9.93. The molecule has 0 saturated carbocycles. The van der Waals surface area contributed by atoms with Crippen LogP contribution in [0.2, 0.25) is 0 Å². The smallest absolute Gasteiger partial charge is 0.341 e.